The Balaban J connectivity index is 1.44. The first-order valence-corrected chi connectivity index (χ1v) is 11.4. The van der Waals surface area contributed by atoms with Crippen molar-refractivity contribution in [1.29, 1.82) is 0 Å². The number of methoxy groups -OCH3 is 1. The number of amides is 2. The Morgan fingerprint density at radius 3 is 2.61 bits per heavy atom. The number of hydrogen-bond donors (Lipinski definition) is 2. The maximum absolute atomic E-state index is 12.8. The van der Waals surface area contributed by atoms with Gasteiger partial charge in [0.15, 0.2) is 0 Å². The van der Waals surface area contributed by atoms with Crippen molar-refractivity contribution in [3.63, 3.8) is 0 Å². The molecule has 2 N–H and O–H groups in total. The van der Waals surface area contributed by atoms with Gasteiger partial charge in [0, 0.05) is 30.9 Å². The van der Waals surface area contributed by atoms with Gasteiger partial charge in [-0.05, 0) is 82.7 Å². The summed E-state index contributed by atoms with van der Waals surface area (Å²) in [6.07, 6.45) is 4.01. The Hall–Kier alpha value is -3.39. The molecule has 170 valence electrons. The van der Waals surface area contributed by atoms with Crippen molar-refractivity contribution in [2.75, 3.05) is 14.2 Å². The molecule has 0 saturated carbocycles. The molecule has 33 heavy (non-hydrogen) atoms. The number of ether oxygens (including phenoxy) is 2. The summed E-state index contributed by atoms with van der Waals surface area (Å²) in [6.45, 7) is 0. The summed E-state index contributed by atoms with van der Waals surface area (Å²) in [5.74, 6) is 1.51. The number of carbonyl (C=O) groups is 2. The summed E-state index contributed by atoms with van der Waals surface area (Å²) < 4.78 is 11.9. The average molecular weight is 510 g/mol. The van der Waals surface area contributed by atoms with Crippen LogP contribution < -0.4 is 20.1 Å². The molecule has 8 heteroatoms. The van der Waals surface area contributed by atoms with Crippen molar-refractivity contribution < 1.29 is 19.1 Å². The lowest BCUT2D eigenvalue weighted by Gasteiger charge is -2.26. The minimum Gasteiger partial charge on any atom is -0.496 e. The highest BCUT2D eigenvalue weighted by Gasteiger charge is 2.22. The van der Waals surface area contributed by atoms with Crippen molar-refractivity contribution in [3.05, 3.63) is 81.6 Å². The molecule has 0 bridgehead atoms. The number of rotatable bonds is 6. The van der Waals surface area contributed by atoms with E-state index < -0.39 is 0 Å². The van der Waals surface area contributed by atoms with Crippen molar-refractivity contribution in [2.45, 2.75) is 25.3 Å². The number of aromatic nitrogens is 1. The van der Waals surface area contributed by atoms with Crippen LogP contribution in [0.4, 0.5) is 0 Å². The van der Waals surface area contributed by atoms with Gasteiger partial charge in [-0.15, -0.1) is 0 Å². The van der Waals surface area contributed by atoms with E-state index in [9.17, 15) is 9.59 Å². The first-order valence-electron chi connectivity index (χ1n) is 10.6. The highest BCUT2D eigenvalue weighted by molar-refractivity contribution is 9.10. The van der Waals surface area contributed by atoms with E-state index in [1.54, 1.807) is 50.7 Å². The average Bonchev–Trinajstić information content (AvgIpc) is 2.83. The Labute approximate surface area is 200 Å². The monoisotopic (exact) mass is 509 g/mol. The van der Waals surface area contributed by atoms with E-state index in [-0.39, 0.29) is 17.9 Å². The largest absolute Gasteiger partial charge is 0.496 e. The van der Waals surface area contributed by atoms with E-state index in [2.05, 4.69) is 37.6 Å². The number of fused-ring (bicyclic) bond motifs is 1. The van der Waals surface area contributed by atoms with E-state index in [1.807, 2.05) is 12.1 Å². The number of halogens is 1. The normalized spacial score (nSPS) is 14.7. The molecule has 1 aliphatic rings. The minimum absolute atomic E-state index is 0.0295. The van der Waals surface area contributed by atoms with E-state index >= 15 is 0 Å². The number of carbonyl (C=O) groups excluding carboxylic acids is 2. The van der Waals surface area contributed by atoms with Crippen LogP contribution in [0.2, 0.25) is 0 Å². The van der Waals surface area contributed by atoms with Crippen LogP contribution >= 0.6 is 15.9 Å². The fourth-order valence-electron chi connectivity index (χ4n) is 3.86. The predicted molar refractivity (Wildman–Crippen MR) is 128 cm³/mol. The topological polar surface area (TPSA) is 89.6 Å². The van der Waals surface area contributed by atoms with Crippen LogP contribution in [0, 0.1) is 0 Å². The number of aryl methyl sites for hydroxylation is 1. The second-order valence-electron chi connectivity index (χ2n) is 7.75. The van der Waals surface area contributed by atoms with E-state index in [1.165, 1.54) is 5.56 Å². The molecule has 0 saturated heterocycles. The predicted octanol–water partition coefficient (Wildman–Crippen LogP) is 4.29. The van der Waals surface area contributed by atoms with Gasteiger partial charge in [-0.25, -0.2) is 0 Å². The molecule has 1 heterocycles. The molecule has 0 spiro atoms. The molecule has 0 radical (unpaired) electrons. The second-order valence-corrected chi connectivity index (χ2v) is 8.61. The molecule has 7 nitrogen and oxygen atoms in total. The van der Waals surface area contributed by atoms with E-state index in [4.69, 9.17) is 9.47 Å². The van der Waals surface area contributed by atoms with Gasteiger partial charge in [0.25, 0.3) is 11.8 Å². The Morgan fingerprint density at radius 1 is 1.03 bits per heavy atom. The third-order valence-corrected chi connectivity index (χ3v) is 6.20. The molecule has 2 aromatic carbocycles. The van der Waals surface area contributed by atoms with E-state index in [0.29, 0.717) is 28.5 Å². The summed E-state index contributed by atoms with van der Waals surface area (Å²) in [5, 5.41) is 5.70. The molecular weight excluding hydrogens is 486 g/mol. The van der Waals surface area contributed by atoms with Crippen molar-refractivity contribution >= 4 is 27.7 Å². The standard InChI is InChI=1S/C25H24BrN3O4/c1-27-25(31)22-14-20(9-10-28-22)33-19-7-4-15-3-6-18(11-17(15)12-19)29-24(30)16-5-8-23(32-2)21(26)13-16/h4-5,7-10,12-14,18H,3,6,11H2,1-2H3,(H,27,31)(H,29,30). The Bertz CT molecular complexity index is 1200. The fourth-order valence-corrected chi connectivity index (χ4v) is 4.40. The third kappa shape index (κ3) is 5.34. The SMILES string of the molecule is CNC(=O)c1cc(Oc2ccc3c(c2)CC(NC(=O)c2ccc(OC)c(Br)c2)CC3)ccn1. The summed E-state index contributed by atoms with van der Waals surface area (Å²) in [6, 6.07) is 14.6. The van der Waals surface area contributed by atoms with E-state index in [0.717, 1.165) is 29.3 Å². The highest BCUT2D eigenvalue weighted by Crippen LogP contribution is 2.29. The number of hydrogen-bond acceptors (Lipinski definition) is 5. The van der Waals surface area contributed by atoms with Crippen LogP contribution in [-0.2, 0) is 12.8 Å². The van der Waals surface area contributed by atoms with Gasteiger partial charge in [0.05, 0.1) is 11.6 Å². The summed E-state index contributed by atoms with van der Waals surface area (Å²) in [7, 11) is 3.15. The molecule has 2 amide bonds. The molecule has 1 atom stereocenters. The molecule has 3 aromatic rings. The highest BCUT2D eigenvalue weighted by atomic mass is 79.9. The van der Waals surface area contributed by atoms with Gasteiger partial charge in [0.1, 0.15) is 22.9 Å². The Morgan fingerprint density at radius 2 is 1.85 bits per heavy atom. The lowest BCUT2D eigenvalue weighted by atomic mass is 9.88. The van der Waals surface area contributed by atoms with Crippen LogP contribution in [0.1, 0.15) is 38.4 Å². The zero-order valence-corrected chi connectivity index (χ0v) is 19.9. The van der Waals surface area contributed by atoms with Gasteiger partial charge in [-0.2, -0.15) is 0 Å². The van der Waals surface area contributed by atoms with Crippen LogP contribution in [-0.4, -0.2) is 37.0 Å². The second kappa shape index (κ2) is 10.0. The number of nitrogens with zero attached hydrogens (tertiary/aromatic N) is 1. The number of benzene rings is 2. The fraction of sp³-hybridized carbons (Fsp3) is 0.240. The number of nitrogens with one attached hydrogen (secondary N) is 2. The maximum atomic E-state index is 12.8. The Kier molecular flexibility index (Phi) is 6.93. The summed E-state index contributed by atoms with van der Waals surface area (Å²) >= 11 is 3.43. The lowest BCUT2D eigenvalue weighted by molar-refractivity contribution is 0.0931. The summed E-state index contributed by atoms with van der Waals surface area (Å²) in [4.78, 5) is 28.6. The molecular formula is C25H24BrN3O4. The smallest absolute Gasteiger partial charge is 0.269 e. The third-order valence-electron chi connectivity index (χ3n) is 5.58. The quantitative estimate of drug-likeness (QED) is 0.517. The van der Waals surface area contributed by atoms with Crippen molar-refractivity contribution in [2.24, 2.45) is 0 Å². The minimum atomic E-state index is -0.270. The van der Waals surface area contributed by atoms with Gasteiger partial charge in [-0.3, -0.25) is 14.6 Å². The van der Waals surface area contributed by atoms with Crippen LogP contribution in [0.25, 0.3) is 0 Å². The van der Waals surface area contributed by atoms with Crippen molar-refractivity contribution in [3.8, 4) is 17.2 Å². The molecule has 1 unspecified atom stereocenters. The molecule has 0 fully saturated rings. The number of pyridine rings is 1. The van der Waals surface area contributed by atoms with Gasteiger partial charge in [0.2, 0.25) is 0 Å². The van der Waals surface area contributed by atoms with Crippen LogP contribution in [0.3, 0.4) is 0 Å². The molecule has 0 aliphatic heterocycles. The molecule has 1 aliphatic carbocycles. The first kappa shape index (κ1) is 22.8. The van der Waals surface area contributed by atoms with Crippen LogP contribution in [0.15, 0.2) is 59.2 Å². The maximum Gasteiger partial charge on any atom is 0.269 e. The van der Waals surface area contributed by atoms with Gasteiger partial charge < -0.3 is 20.1 Å². The summed E-state index contributed by atoms with van der Waals surface area (Å²) in [5.41, 5.74) is 3.26. The van der Waals surface area contributed by atoms with Crippen LogP contribution in [0.5, 0.6) is 17.2 Å². The molecule has 4 rings (SSSR count). The lowest BCUT2D eigenvalue weighted by Crippen LogP contribution is -2.38. The zero-order chi connectivity index (χ0) is 23.4. The first-order chi connectivity index (χ1) is 16.0. The van der Waals surface area contributed by atoms with Crippen molar-refractivity contribution in [1.82, 2.24) is 15.6 Å². The van der Waals surface area contributed by atoms with Gasteiger partial charge >= 0.3 is 0 Å². The van der Waals surface area contributed by atoms with Gasteiger partial charge in [-0.1, -0.05) is 6.07 Å². The zero-order valence-electron chi connectivity index (χ0n) is 18.4. The molecule has 1 aromatic heterocycles.